The van der Waals surface area contributed by atoms with Crippen molar-refractivity contribution in [2.75, 3.05) is 0 Å². The van der Waals surface area contributed by atoms with E-state index in [4.69, 9.17) is 4.98 Å². The standard InChI is InChI=1S/C31H23N3/c1-3-4-11-22(2)33-21-20-24-18-19-28-30(31(24)33)25-14-8-9-16-27(25)34(28)29-17-10-15-26(32-29)23-12-6-5-7-13-23/h3-21H,1-2H2/b11-4-. The number of nitrogens with zero attached hydrogens (tertiary/aromatic N) is 3. The second-order valence-electron chi connectivity index (χ2n) is 8.27. The molecule has 0 fully saturated rings. The van der Waals surface area contributed by atoms with Crippen molar-refractivity contribution in [3.05, 3.63) is 129 Å². The molecule has 3 aromatic heterocycles. The summed E-state index contributed by atoms with van der Waals surface area (Å²) in [6.45, 7) is 8.08. The van der Waals surface area contributed by atoms with Crippen molar-refractivity contribution in [1.29, 1.82) is 0 Å². The van der Waals surface area contributed by atoms with E-state index < -0.39 is 0 Å². The van der Waals surface area contributed by atoms with E-state index in [9.17, 15) is 0 Å². The summed E-state index contributed by atoms with van der Waals surface area (Å²) < 4.78 is 4.42. The van der Waals surface area contributed by atoms with Crippen molar-refractivity contribution in [2.45, 2.75) is 0 Å². The second kappa shape index (κ2) is 8.05. The van der Waals surface area contributed by atoms with Crippen LogP contribution < -0.4 is 0 Å². The monoisotopic (exact) mass is 437 g/mol. The van der Waals surface area contributed by atoms with Crippen molar-refractivity contribution >= 4 is 38.4 Å². The van der Waals surface area contributed by atoms with Crippen molar-refractivity contribution < 1.29 is 0 Å². The van der Waals surface area contributed by atoms with E-state index >= 15 is 0 Å². The smallest absolute Gasteiger partial charge is 0.138 e. The van der Waals surface area contributed by atoms with Crippen LogP contribution in [0.25, 0.3) is 55.5 Å². The van der Waals surface area contributed by atoms with Gasteiger partial charge in [-0.15, -0.1) is 0 Å². The predicted molar refractivity (Wildman–Crippen MR) is 144 cm³/mol. The summed E-state index contributed by atoms with van der Waals surface area (Å²) in [5.74, 6) is 0.899. The maximum absolute atomic E-state index is 5.07. The zero-order chi connectivity index (χ0) is 23.1. The lowest BCUT2D eigenvalue weighted by Gasteiger charge is -2.10. The lowest BCUT2D eigenvalue weighted by Crippen LogP contribution is -1.98. The molecule has 3 nitrogen and oxygen atoms in total. The molecule has 0 atom stereocenters. The SMILES string of the molecule is C=C/C=C\C(=C)n1ccc2ccc3c(c4ccccc4n3-c3cccc(-c4ccccc4)n3)c21. The maximum atomic E-state index is 5.07. The van der Waals surface area contributed by atoms with Crippen LogP contribution in [-0.4, -0.2) is 14.1 Å². The van der Waals surface area contributed by atoms with Crippen LogP contribution in [0.3, 0.4) is 0 Å². The molecule has 0 saturated heterocycles. The Kier molecular flexibility index (Phi) is 4.74. The highest BCUT2D eigenvalue weighted by atomic mass is 15.1. The molecular weight excluding hydrogens is 414 g/mol. The van der Waals surface area contributed by atoms with Crippen LogP contribution in [0.1, 0.15) is 0 Å². The number of fused-ring (bicyclic) bond motifs is 5. The average molecular weight is 438 g/mol. The van der Waals surface area contributed by atoms with Crippen LogP contribution in [0.5, 0.6) is 0 Å². The Labute approximate surface area is 198 Å². The Bertz CT molecular complexity index is 1730. The van der Waals surface area contributed by atoms with Gasteiger partial charge in [0, 0.05) is 33.6 Å². The molecule has 0 aliphatic heterocycles. The van der Waals surface area contributed by atoms with E-state index in [-0.39, 0.29) is 0 Å². The third-order valence-electron chi connectivity index (χ3n) is 6.25. The average Bonchev–Trinajstić information content (AvgIpc) is 3.47. The van der Waals surface area contributed by atoms with E-state index in [0.717, 1.165) is 39.3 Å². The molecule has 6 rings (SSSR count). The number of allylic oxidation sites excluding steroid dienone is 4. The fourth-order valence-electron chi connectivity index (χ4n) is 4.74. The molecule has 3 aromatic carbocycles. The fraction of sp³-hybridized carbons (Fsp3) is 0. The molecule has 34 heavy (non-hydrogen) atoms. The summed E-state index contributed by atoms with van der Waals surface area (Å²) in [4.78, 5) is 5.07. The molecule has 0 bridgehead atoms. The number of benzene rings is 3. The van der Waals surface area contributed by atoms with Crippen LogP contribution >= 0.6 is 0 Å². The lowest BCUT2D eigenvalue weighted by molar-refractivity contribution is 1.08. The minimum Gasteiger partial charge on any atom is -0.316 e. The number of aromatic nitrogens is 3. The summed E-state index contributed by atoms with van der Waals surface area (Å²) in [7, 11) is 0. The van der Waals surface area contributed by atoms with Gasteiger partial charge in [0.15, 0.2) is 0 Å². The summed E-state index contributed by atoms with van der Waals surface area (Å²) >= 11 is 0. The van der Waals surface area contributed by atoms with Gasteiger partial charge in [-0.2, -0.15) is 0 Å². The first kappa shape index (κ1) is 20.0. The predicted octanol–water partition coefficient (Wildman–Crippen LogP) is 8.01. The van der Waals surface area contributed by atoms with E-state index in [1.54, 1.807) is 6.08 Å². The number of rotatable bonds is 5. The molecule has 0 unspecified atom stereocenters. The normalized spacial score (nSPS) is 11.6. The van der Waals surface area contributed by atoms with Gasteiger partial charge in [-0.25, -0.2) is 4.98 Å². The molecule has 162 valence electrons. The molecule has 0 N–H and O–H groups in total. The zero-order valence-corrected chi connectivity index (χ0v) is 18.7. The van der Waals surface area contributed by atoms with E-state index in [2.05, 4.69) is 101 Å². The largest absolute Gasteiger partial charge is 0.316 e. The highest BCUT2D eigenvalue weighted by molar-refractivity contribution is 6.21. The Morgan fingerprint density at radius 2 is 1.62 bits per heavy atom. The molecule has 0 aliphatic carbocycles. The van der Waals surface area contributed by atoms with E-state index in [0.29, 0.717) is 0 Å². The lowest BCUT2D eigenvalue weighted by atomic mass is 10.1. The van der Waals surface area contributed by atoms with Crippen LogP contribution in [-0.2, 0) is 0 Å². The fourth-order valence-corrected chi connectivity index (χ4v) is 4.74. The van der Waals surface area contributed by atoms with Gasteiger partial charge >= 0.3 is 0 Å². The highest BCUT2D eigenvalue weighted by Crippen LogP contribution is 2.38. The Hall–Kier alpha value is -4.63. The molecule has 3 heteroatoms. The Morgan fingerprint density at radius 1 is 0.794 bits per heavy atom. The molecule has 0 spiro atoms. The number of para-hydroxylation sites is 1. The third kappa shape index (κ3) is 3.10. The van der Waals surface area contributed by atoms with Crippen LogP contribution in [0.2, 0.25) is 0 Å². The molecule has 0 aliphatic rings. The summed E-state index contributed by atoms with van der Waals surface area (Å²) in [6, 6.07) is 31.6. The summed E-state index contributed by atoms with van der Waals surface area (Å²) in [6.07, 6.45) is 7.75. The topological polar surface area (TPSA) is 22.8 Å². The third-order valence-corrected chi connectivity index (χ3v) is 6.25. The van der Waals surface area contributed by atoms with Gasteiger partial charge in [0.05, 0.1) is 22.2 Å². The highest BCUT2D eigenvalue weighted by Gasteiger charge is 2.18. The van der Waals surface area contributed by atoms with Crippen molar-refractivity contribution in [3.8, 4) is 17.1 Å². The van der Waals surface area contributed by atoms with E-state index in [1.807, 2.05) is 30.4 Å². The molecule has 6 aromatic rings. The minimum absolute atomic E-state index is 0.892. The van der Waals surface area contributed by atoms with Gasteiger partial charge in [-0.1, -0.05) is 86.0 Å². The molecule has 0 saturated carbocycles. The van der Waals surface area contributed by atoms with Gasteiger partial charge in [0.25, 0.3) is 0 Å². The molecular formula is C31H23N3. The first-order valence-corrected chi connectivity index (χ1v) is 11.3. The number of hydrogen-bond acceptors (Lipinski definition) is 1. The zero-order valence-electron chi connectivity index (χ0n) is 18.7. The van der Waals surface area contributed by atoms with Gasteiger partial charge in [0.2, 0.25) is 0 Å². The van der Waals surface area contributed by atoms with Crippen molar-refractivity contribution in [1.82, 2.24) is 14.1 Å². The Balaban J connectivity index is 1.67. The molecule has 0 radical (unpaired) electrons. The van der Waals surface area contributed by atoms with Crippen LogP contribution in [0.15, 0.2) is 129 Å². The molecule has 3 heterocycles. The van der Waals surface area contributed by atoms with E-state index in [1.165, 1.54) is 16.2 Å². The quantitative estimate of drug-likeness (QED) is 0.250. The molecule has 0 amide bonds. The van der Waals surface area contributed by atoms with Gasteiger partial charge < -0.3 is 4.57 Å². The summed E-state index contributed by atoms with van der Waals surface area (Å²) in [5.41, 5.74) is 6.34. The van der Waals surface area contributed by atoms with Gasteiger partial charge in [0.1, 0.15) is 5.82 Å². The summed E-state index contributed by atoms with van der Waals surface area (Å²) in [5, 5.41) is 3.56. The number of pyridine rings is 1. The first-order valence-electron chi connectivity index (χ1n) is 11.3. The van der Waals surface area contributed by atoms with Crippen LogP contribution in [0, 0.1) is 0 Å². The Morgan fingerprint density at radius 3 is 2.47 bits per heavy atom. The van der Waals surface area contributed by atoms with Crippen LogP contribution in [0.4, 0.5) is 0 Å². The van der Waals surface area contributed by atoms with Crippen molar-refractivity contribution in [3.63, 3.8) is 0 Å². The van der Waals surface area contributed by atoms with Gasteiger partial charge in [-0.3, -0.25) is 4.57 Å². The van der Waals surface area contributed by atoms with Gasteiger partial charge in [-0.05, 0) is 36.4 Å². The first-order chi connectivity index (χ1) is 16.8. The van der Waals surface area contributed by atoms with Crippen molar-refractivity contribution in [2.24, 2.45) is 0 Å². The number of hydrogen-bond donors (Lipinski definition) is 0. The maximum Gasteiger partial charge on any atom is 0.138 e. The minimum atomic E-state index is 0.892. The second-order valence-corrected chi connectivity index (χ2v) is 8.27.